The Morgan fingerprint density at radius 1 is 1.26 bits per heavy atom. The first kappa shape index (κ1) is 21.2. The fraction of sp³-hybridized carbons (Fsp3) is 0.316. The number of sulfonamides is 1. The van der Waals surface area contributed by atoms with Crippen molar-refractivity contribution in [2.45, 2.75) is 38.3 Å². The summed E-state index contributed by atoms with van der Waals surface area (Å²) in [5.74, 6) is 0.293. The van der Waals surface area contributed by atoms with Crippen LogP contribution in [-0.2, 0) is 21.3 Å². The highest BCUT2D eigenvalue weighted by atomic mass is 35.5. The Kier molecular flexibility index (Phi) is 6.86. The summed E-state index contributed by atoms with van der Waals surface area (Å²) in [5, 5.41) is 11.7. The van der Waals surface area contributed by atoms with Gasteiger partial charge in [-0.1, -0.05) is 49.7 Å². The molecule has 0 saturated heterocycles. The molecule has 2 aromatic carbocycles. The number of primary sulfonamides is 1. The van der Waals surface area contributed by atoms with Crippen molar-refractivity contribution in [3.8, 4) is 0 Å². The van der Waals surface area contributed by atoms with Crippen molar-refractivity contribution < 1.29 is 13.2 Å². The number of benzene rings is 2. The third-order valence-corrected chi connectivity index (χ3v) is 5.57. The molecule has 1 atom stereocenters. The van der Waals surface area contributed by atoms with Crippen LogP contribution in [0, 0.1) is 0 Å². The van der Waals surface area contributed by atoms with Gasteiger partial charge in [-0.3, -0.25) is 5.01 Å². The van der Waals surface area contributed by atoms with Gasteiger partial charge in [-0.05, 0) is 36.2 Å². The normalized spacial score (nSPS) is 16.4. The van der Waals surface area contributed by atoms with Crippen LogP contribution < -0.4 is 5.14 Å². The van der Waals surface area contributed by atoms with E-state index < -0.39 is 10.0 Å². The fourth-order valence-electron chi connectivity index (χ4n) is 2.87. The first-order chi connectivity index (χ1) is 12.8. The molecule has 27 heavy (non-hydrogen) atoms. The first-order valence-electron chi connectivity index (χ1n) is 8.61. The monoisotopic (exact) mass is 409 g/mol. The third-order valence-electron chi connectivity index (χ3n) is 4.18. The smallest absolute Gasteiger partial charge is 0.239 e. The summed E-state index contributed by atoms with van der Waals surface area (Å²) in [6, 6.07) is 12.7. The Balaban J connectivity index is 0.00000126. The van der Waals surface area contributed by atoms with Crippen LogP contribution in [0.2, 0.25) is 5.02 Å². The van der Waals surface area contributed by atoms with E-state index in [0.29, 0.717) is 18.0 Å². The number of nitrogens with zero attached hydrogens (tertiary/aromatic N) is 2. The van der Waals surface area contributed by atoms with E-state index in [1.165, 1.54) is 30.4 Å². The third kappa shape index (κ3) is 4.61. The van der Waals surface area contributed by atoms with Crippen molar-refractivity contribution in [2.75, 3.05) is 7.11 Å². The Morgan fingerprint density at radius 3 is 2.52 bits per heavy atom. The molecule has 0 aromatic heterocycles. The van der Waals surface area contributed by atoms with Crippen molar-refractivity contribution >= 4 is 27.5 Å². The van der Waals surface area contributed by atoms with Crippen LogP contribution in [0.3, 0.4) is 0 Å². The number of nitrogens with two attached hydrogens (primary N) is 1. The second-order valence-corrected chi connectivity index (χ2v) is 7.71. The van der Waals surface area contributed by atoms with E-state index in [0.717, 1.165) is 0 Å². The summed E-state index contributed by atoms with van der Waals surface area (Å²) in [6.45, 7) is 6.71. The Hall–Kier alpha value is -2.09. The van der Waals surface area contributed by atoms with Gasteiger partial charge in [0, 0.05) is 5.56 Å². The number of fused-ring (bicyclic) bond motifs is 1. The van der Waals surface area contributed by atoms with Crippen molar-refractivity contribution in [3.63, 3.8) is 0 Å². The van der Waals surface area contributed by atoms with E-state index in [1.54, 1.807) is 6.07 Å². The van der Waals surface area contributed by atoms with Gasteiger partial charge in [0.2, 0.25) is 15.9 Å². The predicted molar refractivity (Wildman–Crippen MR) is 108 cm³/mol. The van der Waals surface area contributed by atoms with Crippen LogP contribution in [-0.4, -0.2) is 26.4 Å². The van der Waals surface area contributed by atoms with Crippen LogP contribution in [0.4, 0.5) is 0 Å². The SMILES string of the molecule is CC.CO/C(=N\N1Cc2ccccc2C1C)c1ccc(Cl)c(S(N)(=O)=O)c1. The average Bonchev–Trinajstić information content (AvgIpc) is 2.97. The Labute approximate surface area is 165 Å². The van der Waals surface area contributed by atoms with Gasteiger partial charge in [0.1, 0.15) is 4.90 Å². The lowest BCUT2D eigenvalue weighted by Gasteiger charge is -2.19. The maximum absolute atomic E-state index is 11.7. The number of methoxy groups -OCH3 is 1. The largest absolute Gasteiger partial charge is 0.480 e. The van der Waals surface area contributed by atoms with Gasteiger partial charge in [0.25, 0.3) is 0 Å². The van der Waals surface area contributed by atoms with E-state index in [9.17, 15) is 8.42 Å². The molecule has 2 N–H and O–H groups in total. The van der Waals surface area contributed by atoms with Crippen molar-refractivity contribution in [1.82, 2.24) is 5.01 Å². The summed E-state index contributed by atoms with van der Waals surface area (Å²) < 4.78 is 28.7. The minimum atomic E-state index is -3.94. The molecule has 0 spiro atoms. The number of halogens is 1. The average molecular weight is 410 g/mol. The van der Waals surface area contributed by atoms with Gasteiger partial charge >= 0.3 is 0 Å². The number of hydrogen-bond donors (Lipinski definition) is 1. The van der Waals surface area contributed by atoms with Gasteiger partial charge in [0.05, 0.1) is 24.7 Å². The Morgan fingerprint density at radius 2 is 1.93 bits per heavy atom. The van der Waals surface area contributed by atoms with Crippen molar-refractivity contribution in [3.05, 3.63) is 64.2 Å². The summed E-state index contributed by atoms with van der Waals surface area (Å²) in [4.78, 5) is -0.158. The van der Waals surface area contributed by atoms with E-state index in [1.807, 2.05) is 31.0 Å². The number of ether oxygens (including phenoxy) is 1. The zero-order valence-electron chi connectivity index (χ0n) is 15.8. The van der Waals surface area contributed by atoms with Gasteiger partial charge in [-0.2, -0.15) is 0 Å². The summed E-state index contributed by atoms with van der Waals surface area (Å²) in [7, 11) is -2.45. The molecule has 1 aliphatic rings. The molecular formula is C19H24ClN3O3S. The van der Waals surface area contributed by atoms with Crippen molar-refractivity contribution in [1.29, 1.82) is 0 Å². The van der Waals surface area contributed by atoms with Crippen molar-refractivity contribution in [2.24, 2.45) is 10.2 Å². The molecule has 1 unspecified atom stereocenters. The van der Waals surface area contributed by atoms with Gasteiger partial charge in [0.15, 0.2) is 0 Å². The molecule has 1 heterocycles. The molecule has 3 rings (SSSR count). The minimum Gasteiger partial charge on any atom is -0.480 e. The highest BCUT2D eigenvalue weighted by Crippen LogP contribution is 2.33. The number of hydrogen-bond acceptors (Lipinski definition) is 5. The first-order valence-corrected chi connectivity index (χ1v) is 10.5. The molecule has 0 aliphatic carbocycles. The molecule has 6 nitrogen and oxygen atoms in total. The minimum absolute atomic E-state index is 0.0589. The zero-order valence-corrected chi connectivity index (χ0v) is 17.4. The fourth-order valence-corrected chi connectivity index (χ4v) is 3.94. The van der Waals surface area contributed by atoms with Gasteiger partial charge in [-0.25, -0.2) is 13.6 Å². The summed E-state index contributed by atoms with van der Waals surface area (Å²) in [5.41, 5.74) is 2.90. The van der Waals surface area contributed by atoms with Crippen LogP contribution in [0.25, 0.3) is 0 Å². The number of hydrazone groups is 1. The molecule has 0 saturated carbocycles. The molecule has 1 aliphatic heterocycles. The number of rotatable bonds is 3. The van der Waals surface area contributed by atoms with E-state index in [2.05, 4.69) is 24.2 Å². The van der Waals surface area contributed by atoms with Gasteiger partial charge < -0.3 is 4.74 Å². The maximum atomic E-state index is 11.7. The second kappa shape index (κ2) is 8.73. The quantitative estimate of drug-likeness (QED) is 0.615. The molecule has 146 valence electrons. The van der Waals surface area contributed by atoms with Crippen LogP contribution in [0.1, 0.15) is 43.5 Å². The van der Waals surface area contributed by atoms with E-state index in [4.69, 9.17) is 21.5 Å². The Bertz CT molecular complexity index is 945. The molecule has 0 amide bonds. The second-order valence-electron chi connectivity index (χ2n) is 5.77. The lowest BCUT2D eigenvalue weighted by Crippen LogP contribution is -2.19. The molecule has 0 radical (unpaired) electrons. The molecule has 0 fully saturated rings. The lowest BCUT2D eigenvalue weighted by atomic mass is 10.1. The highest BCUT2D eigenvalue weighted by Gasteiger charge is 2.26. The molecule has 8 heteroatoms. The maximum Gasteiger partial charge on any atom is 0.239 e. The molecular weight excluding hydrogens is 386 g/mol. The van der Waals surface area contributed by atoms with Crippen LogP contribution >= 0.6 is 11.6 Å². The standard InChI is InChI=1S/C17H18ClN3O3S.C2H6/c1-11-14-6-4-3-5-13(14)10-21(11)20-17(24-2)12-7-8-15(18)16(9-12)25(19,22)23;1-2/h3-9,11H,10H2,1-2H3,(H2,19,22,23);1-2H3/b20-17-;. The zero-order chi connectivity index (χ0) is 20.2. The highest BCUT2D eigenvalue weighted by molar-refractivity contribution is 7.89. The molecule has 2 aromatic rings. The molecule has 0 bridgehead atoms. The van der Waals surface area contributed by atoms with E-state index in [-0.39, 0.29) is 16.0 Å². The van der Waals surface area contributed by atoms with Crippen LogP contribution in [0.5, 0.6) is 0 Å². The topological polar surface area (TPSA) is 85.0 Å². The van der Waals surface area contributed by atoms with Crippen LogP contribution in [0.15, 0.2) is 52.5 Å². The van der Waals surface area contributed by atoms with E-state index >= 15 is 0 Å². The predicted octanol–water partition coefficient (Wildman–Crippen LogP) is 3.90. The van der Waals surface area contributed by atoms with Gasteiger partial charge in [-0.15, -0.1) is 5.10 Å². The lowest BCUT2D eigenvalue weighted by molar-refractivity contribution is 0.229. The summed E-state index contributed by atoms with van der Waals surface area (Å²) in [6.07, 6.45) is 0. The summed E-state index contributed by atoms with van der Waals surface area (Å²) >= 11 is 5.93.